The minimum atomic E-state index is -0.920. The van der Waals surface area contributed by atoms with Crippen LogP contribution in [0.1, 0.15) is 81.7 Å². The van der Waals surface area contributed by atoms with Crippen molar-refractivity contribution in [1.29, 1.82) is 0 Å². The van der Waals surface area contributed by atoms with E-state index in [0.29, 0.717) is 39.0 Å². The second-order valence-electron chi connectivity index (χ2n) is 12.1. The molecule has 1 aliphatic carbocycles. The highest BCUT2D eigenvalue weighted by molar-refractivity contribution is 6.00. The van der Waals surface area contributed by atoms with Crippen molar-refractivity contribution in [2.75, 3.05) is 19.6 Å². The fraction of sp³-hybridized carbons (Fsp3) is 0.645. The largest absolute Gasteiger partial charge is 0.390 e. The molecule has 0 radical (unpaired) electrons. The van der Waals surface area contributed by atoms with Crippen molar-refractivity contribution >= 4 is 11.8 Å². The fourth-order valence-corrected chi connectivity index (χ4v) is 7.05. The highest BCUT2D eigenvalue weighted by atomic mass is 19.1. The Hall–Kier alpha value is -2.85. The zero-order valence-electron chi connectivity index (χ0n) is 24.5. The van der Waals surface area contributed by atoms with Gasteiger partial charge in [-0.05, 0) is 64.0 Å². The third-order valence-electron chi connectivity index (χ3n) is 9.61. The number of nitrogens with one attached hydrogen (secondary N) is 1. The van der Waals surface area contributed by atoms with E-state index < -0.39 is 29.3 Å². The van der Waals surface area contributed by atoms with Crippen LogP contribution in [0, 0.1) is 31.4 Å². The van der Waals surface area contributed by atoms with Crippen LogP contribution in [0.15, 0.2) is 18.2 Å². The number of benzene rings is 1. The monoisotopic (exact) mass is 571 g/mol. The molecule has 2 N–H and O–H groups in total. The van der Waals surface area contributed by atoms with Crippen LogP contribution in [0.4, 0.5) is 8.78 Å². The van der Waals surface area contributed by atoms with Crippen molar-refractivity contribution in [3.05, 3.63) is 46.8 Å². The number of carbonyl (C=O) groups is 2. The van der Waals surface area contributed by atoms with E-state index in [1.165, 1.54) is 16.8 Å². The fourth-order valence-electron chi connectivity index (χ4n) is 7.05. The number of hydrogen-bond acceptors (Lipinski definition) is 5. The normalized spacial score (nSPS) is 22.8. The number of carbonyl (C=O) groups excluding carboxylic acids is 2. The summed E-state index contributed by atoms with van der Waals surface area (Å²) in [4.78, 5) is 31.7. The molecule has 1 spiro atoms. The number of halogens is 2. The van der Waals surface area contributed by atoms with Gasteiger partial charge in [-0.1, -0.05) is 32.6 Å². The first-order valence-electron chi connectivity index (χ1n) is 15.2. The van der Waals surface area contributed by atoms with E-state index in [1.54, 1.807) is 4.90 Å². The maximum Gasteiger partial charge on any atom is 0.248 e. The number of aliphatic hydroxyl groups excluding tert-OH is 1. The number of rotatable bonds is 8. The summed E-state index contributed by atoms with van der Waals surface area (Å²) in [5.74, 6) is -1.58. The standard InChI is InChI=1S/C31H43F2N5O3/c1-4-5-15-37-29(40)27(28(39)22-9-7-6-8-10-22)34-30(41)31(37)13-16-36(17-14-31)19-24-20(2)35-38(21(24)3)26-12-11-23(32)18-25(26)33/h11-12,18,22,27-28,39H,4-10,13-17,19H2,1-3H3,(H,34,41)/t27-,28-/m1/s1. The number of aromatic nitrogens is 2. The number of piperazine rings is 1. The lowest BCUT2D eigenvalue weighted by Gasteiger charge is -2.52. The lowest BCUT2D eigenvalue weighted by molar-refractivity contribution is -0.166. The first-order chi connectivity index (χ1) is 19.7. The van der Waals surface area contributed by atoms with E-state index in [9.17, 15) is 23.5 Å². The molecule has 224 valence electrons. The van der Waals surface area contributed by atoms with E-state index in [1.807, 2.05) is 13.8 Å². The van der Waals surface area contributed by atoms with Crippen LogP contribution in [0.5, 0.6) is 0 Å². The predicted molar refractivity (Wildman–Crippen MR) is 151 cm³/mol. The Bertz CT molecular complexity index is 1270. The molecule has 0 unspecified atom stereocenters. The SMILES string of the molecule is CCCCN1C(=O)[C@@H]([C@H](O)C2CCCCC2)NC(=O)C12CCN(Cc1c(C)nn(-c3ccc(F)cc3F)c1C)CC2. The molecule has 3 aliphatic rings. The third kappa shape index (κ3) is 5.65. The Labute approximate surface area is 241 Å². The van der Waals surface area contributed by atoms with Gasteiger partial charge in [0.15, 0.2) is 5.82 Å². The molecule has 0 bridgehead atoms. The van der Waals surface area contributed by atoms with E-state index >= 15 is 0 Å². The number of amides is 2. The molecule has 10 heteroatoms. The van der Waals surface area contributed by atoms with E-state index in [-0.39, 0.29) is 23.4 Å². The molecule has 2 aliphatic heterocycles. The Balaban J connectivity index is 1.31. The summed E-state index contributed by atoms with van der Waals surface area (Å²) < 4.78 is 29.5. The predicted octanol–water partition coefficient (Wildman–Crippen LogP) is 4.17. The van der Waals surface area contributed by atoms with Crippen LogP contribution in [0.3, 0.4) is 0 Å². The van der Waals surface area contributed by atoms with Gasteiger partial charge in [0.05, 0.1) is 11.8 Å². The van der Waals surface area contributed by atoms with E-state index in [0.717, 1.165) is 68.0 Å². The number of nitrogens with zero attached hydrogens (tertiary/aromatic N) is 4. The van der Waals surface area contributed by atoms with Crippen LogP contribution in [-0.4, -0.2) is 73.8 Å². The Morgan fingerprint density at radius 1 is 1.12 bits per heavy atom. The smallest absolute Gasteiger partial charge is 0.248 e. The van der Waals surface area contributed by atoms with Gasteiger partial charge in [0.2, 0.25) is 11.8 Å². The molecule has 1 aromatic carbocycles. The van der Waals surface area contributed by atoms with Crippen molar-refractivity contribution < 1.29 is 23.5 Å². The molecule has 2 aromatic rings. The van der Waals surface area contributed by atoms with Crippen molar-refractivity contribution in [3.63, 3.8) is 0 Å². The molecule has 41 heavy (non-hydrogen) atoms. The molecule has 8 nitrogen and oxygen atoms in total. The zero-order valence-corrected chi connectivity index (χ0v) is 24.5. The Morgan fingerprint density at radius 2 is 1.83 bits per heavy atom. The molecule has 3 fully saturated rings. The molecule has 2 atom stereocenters. The van der Waals surface area contributed by atoms with Crippen LogP contribution in [0.2, 0.25) is 0 Å². The molecule has 5 rings (SSSR count). The number of unbranched alkanes of at least 4 members (excludes halogenated alkanes) is 1. The lowest BCUT2D eigenvalue weighted by atomic mass is 9.78. The summed E-state index contributed by atoms with van der Waals surface area (Å²) >= 11 is 0. The first-order valence-corrected chi connectivity index (χ1v) is 15.2. The number of aryl methyl sites for hydroxylation is 1. The summed E-state index contributed by atoms with van der Waals surface area (Å²) in [6.45, 7) is 8.11. The van der Waals surface area contributed by atoms with Crippen molar-refractivity contribution in [2.45, 2.75) is 103 Å². The Morgan fingerprint density at radius 3 is 2.49 bits per heavy atom. The summed E-state index contributed by atoms with van der Waals surface area (Å²) in [5, 5.41) is 18.7. The molecule has 2 saturated heterocycles. The summed E-state index contributed by atoms with van der Waals surface area (Å²) in [6.07, 6.45) is 6.87. The topological polar surface area (TPSA) is 90.7 Å². The van der Waals surface area contributed by atoms with Crippen molar-refractivity contribution in [2.24, 2.45) is 5.92 Å². The molecule has 1 aromatic heterocycles. The second-order valence-corrected chi connectivity index (χ2v) is 12.1. The molecular weight excluding hydrogens is 528 g/mol. The number of aliphatic hydroxyl groups is 1. The number of hydrogen-bond donors (Lipinski definition) is 2. The minimum absolute atomic E-state index is 0.0395. The van der Waals surface area contributed by atoms with Crippen LogP contribution in [0.25, 0.3) is 5.69 Å². The quantitative estimate of drug-likeness (QED) is 0.497. The second kappa shape index (κ2) is 12.2. The highest BCUT2D eigenvalue weighted by Crippen LogP contribution is 2.37. The van der Waals surface area contributed by atoms with Gasteiger partial charge in [0, 0.05) is 43.5 Å². The van der Waals surface area contributed by atoms with Gasteiger partial charge in [0.25, 0.3) is 0 Å². The van der Waals surface area contributed by atoms with Gasteiger partial charge in [0.1, 0.15) is 23.1 Å². The third-order valence-corrected chi connectivity index (χ3v) is 9.61. The summed E-state index contributed by atoms with van der Waals surface area (Å²) in [7, 11) is 0. The number of piperidine rings is 1. The maximum absolute atomic E-state index is 14.5. The van der Waals surface area contributed by atoms with Gasteiger partial charge in [-0.3, -0.25) is 14.5 Å². The van der Waals surface area contributed by atoms with Crippen molar-refractivity contribution in [3.8, 4) is 5.69 Å². The average molecular weight is 572 g/mol. The average Bonchev–Trinajstić information content (AvgIpc) is 3.24. The first kappa shape index (κ1) is 29.6. The maximum atomic E-state index is 14.5. The number of likely N-dealkylation sites (tertiary alicyclic amines) is 1. The Kier molecular flexibility index (Phi) is 8.80. The van der Waals surface area contributed by atoms with Crippen LogP contribution in [-0.2, 0) is 16.1 Å². The van der Waals surface area contributed by atoms with Gasteiger partial charge in [-0.15, -0.1) is 0 Å². The van der Waals surface area contributed by atoms with Crippen LogP contribution < -0.4 is 5.32 Å². The van der Waals surface area contributed by atoms with Gasteiger partial charge < -0.3 is 15.3 Å². The zero-order chi connectivity index (χ0) is 29.3. The summed E-state index contributed by atoms with van der Waals surface area (Å²) in [5.41, 5.74) is 1.79. The molecular formula is C31H43F2N5O3. The van der Waals surface area contributed by atoms with E-state index in [4.69, 9.17) is 0 Å². The highest BCUT2D eigenvalue weighted by Gasteiger charge is 2.55. The van der Waals surface area contributed by atoms with Crippen molar-refractivity contribution in [1.82, 2.24) is 24.9 Å². The van der Waals surface area contributed by atoms with Gasteiger partial charge in [-0.2, -0.15) is 5.10 Å². The van der Waals surface area contributed by atoms with E-state index in [2.05, 4.69) is 22.2 Å². The van der Waals surface area contributed by atoms with Crippen LogP contribution >= 0.6 is 0 Å². The van der Waals surface area contributed by atoms with Gasteiger partial charge >= 0.3 is 0 Å². The molecule has 1 saturated carbocycles. The van der Waals surface area contributed by atoms with Gasteiger partial charge in [-0.25, -0.2) is 13.5 Å². The molecule has 3 heterocycles. The lowest BCUT2D eigenvalue weighted by Crippen LogP contribution is -2.75. The molecule has 2 amide bonds. The summed E-state index contributed by atoms with van der Waals surface area (Å²) in [6, 6.07) is 2.59. The minimum Gasteiger partial charge on any atom is -0.390 e.